The van der Waals surface area contributed by atoms with Crippen molar-refractivity contribution >= 4 is 34.1 Å². The molecule has 1 aromatic carbocycles. The van der Waals surface area contributed by atoms with Crippen molar-refractivity contribution in [3.63, 3.8) is 0 Å². The number of hydrogen-bond acceptors (Lipinski definition) is 7. The Morgan fingerprint density at radius 1 is 1.04 bits per heavy atom. The first-order valence-corrected chi connectivity index (χ1v) is 9.24. The zero-order valence-corrected chi connectivity index (χ0v) is 17.1. The Morgan fingerprint density at radius 3 is 2.14 bits per heavy atom. The quantitative estimate of drug-likeness (QED) is 0.686. The van der Waals surface area contributed by atoms with E-state index in [0.717, 1.165) is 11.3 Å². The second kappa shape index (κ2) is 9.23. The van der Waals surface area contributed by atoms with Crippen molar-refractivity contribution in [2.45, 2.75) is 13.8 Å². The standard InChI is InChI=1S/C19H22N2O6S/c1-6-27-19(24)15-10(2)14(17(23)20-3)18(28-15)21-16(22)11-7-12(25-4)9-13(8-11)26-5/h7-9H,6H2,1-5H3,(H,20,23)(H,21,22). The minimum atomic E-state index is -0.543. The van der Waals surface area contributed by atoms with Gasteiger partial charge in [0.25, 0.3) is 11.8 Å². The molecular formula is C19H22N2O6S. The molecule has 0 saturated carbocycles. The van der Waals surface area contributed by atoms with Gasteiger partial charge < -0.3 is 24.8 Å². The number of nitrogens with one attached hydrogen (secondary N) is 2. The first-order chi connectivity index (χ1) is 13.4. The number of thiophene rings is 1. The van der Waals surface area contributed by atoms with Crippen molar-refractivity contribution < 1.29 is 28.6 Å². The van der Waals surface area contributed by atoms with Gasteiger partial charge in [0.1, 0.15) is 21.4 Å². The Labute approximate surface area is 166 Å². The van der Waals surface area contributed by atoms with Gasteiger partial charge in [-0.1, -0.05) is 0 Å². The Bertz CT molecular complexity index is 884. The maximum Gasteiger partial charge on any atom is 0.348 e. The number of benzene rings is 1. The highest BCUT2D eigenvalue weighted by Gasteiger charge is 2.26. The summed E-state index contributed by atoms with van der Waals surface area (Å²) >= 11 is 0.991. The zero-order valence-electron chi connectivity index (χ0n) is 16.3. The molecule has 2 N–H and O–H groups in total. The number of hydrogen-bond donors (Lipinski definition) is 2. The van der Waals surface area contributed by atoms with Crippen LogP contribution in [-0.2, 0) is 4.74 Å². The molecule has 2 aromatic rings. The first kappa shape index (κ1) is 21.2. The molecule has 2 amide bonds. The van der Waals surface area contributed by atoms with E-state index < -0.39 is 17.8 Å². The number of ether oxygens (including phenoxy) is 3. The van der Waals surface area contributed by atoms with E-state index in [2.05, 4.69) is 10.6 Å². The van der Waals surface area contributed by atoms with Crippen molar-refractivity contribution in [3.8, 4) is 11.5 Å². The number of amides is 2. The van der Waals surface area contributed by atoms with Crippen molar-refractivity contribution in [2.75, 3.05) is 33.2 Å². The molecule has 0 radical (unpaired) electrons. The fraction of sp³-hybridized carbons (Fsp3) is 0.316. The summed E-state index contributed by atoms with van der Waals surface area (Å²) in [7, 11) is 4.44. The minimum absolute atomic E-state index is 0.205. The van der Waals surface area contributed by atoms with Crippen LogP contribution in [-0.4, -0.2) is 45.7 Å². The number of esters is 1. The molecule has 0 atom stereocenters. The van der Waals surface area contributed by atoms with Gasteiger partial charge in [0.15, 0.2) is 0 Å². The first-order valence-electron chi connectivity index (χ1n) is 8.43. The van der Waals surface area contributed by atoms with E-state index in [0.29, 0.717) is 17.1 Å². The van der Waals surface area contributed by atoms with Gasteiger partial charge in [0.05, 0.1) is 26.4 Å². The van der Waals surface area contributed by atoms with E-state index in [4.69, 9.17) is 14.2 Å². The molecule has 0 unspecified atom stereocenters. The molecule has 0 bridgehead atoms. The largest absolute Gasteiger partial charge is 0.497 e. The van der Waals surface area contributed by atoms with Crippen LogP contribution in [0.3, 0.4) is 0 Å². The monoisotopic (exact) mass is 406 g/mol. The van der Waals surface area contributed by atoms with E-state index in [9.17, 15) is 14.4 Å². The Morgan fingerprint density at radius 2 is 1.64 bits per heavy atom. The average Bonchev–Trinajstić information content (AvgIpc) is 3.02. The van der Waals surface area contributed by atoms with Crippen molar-refractivity contribution in [2.24, 2.45) is 0 Å². The third-order valence-corrected chi connectivity index (χ3v) is 5.09. The molecule has 8 nitrogen and oxygen atoms in total. The fourth-order valence-electron chi connectivity index (χ4n) is 2.51. The highest BCUT2D eigenvalue weighted by atomic mass is 32.1. The summed E-state index contributed by atoms with van der Waals surface area (Å²) in [4.78, 5) is 37.5. The third kappa shape index (κ3) is 4.42. The van der Waals surface area contributed by atoms with Crippen LogP contribution in [0.4, 0.5) is 5.00 Å². The van der Waals surface area contributed by atoms with Gasteiger partial charge in [0, 0.05) is 18.7 Å². The molecule has 150 valence electrons. The average molecular weight is 406 g/mol. The van der Waals surface area contributed by atoms with Crippen LogP contribution in [0, 0.1) is 6.92 Å². The molecule has 0 aliphatic heterocycles. The van der Waals surface area contributed by atoms with Crippen LogP contribution >= 0.6 is 11.3 Å². The molecule has 0 spiro atoms. The van der Waals surface area contributed by atoms with Crippen LogP contribution in [0.15, 0.2) is 18.2 Å². The van der Waals surface area contributed by atoms with Gasteiger partial charge >= 0.3 is 5.97 Å². The molecule has 9 heteroatoms. The smallest absolute Gasteiger partial charge is 0.348 e. The van der Waals surface area contributed by atoms with Crippen molar-refractivity contribution in [1.82, 2.24) is 5.32 Å². The second-order valence-electron chi connectivity index (χ2n) is 5.62. The summed E-state index contributed by atoms with van der Waals surface area (Å²) in [5.74, 6) is -0.531. The lowest BCUT2D eigenvalue weighted by molar-refractivity contribution is 0.0531. The summed E-state index contributed by atoms with van der Waals surface area (Å²) in [6.07, 6.45) is 0. The van der Waals surface area contributed by atoms with Crippen LogP contribution < -0.4 is 20.1 Å². The third-order valence-electron chi connectivity index (χ3n) is 3.90. The topological polar surface area (TPSA) is 103 Å². The van der Waals surface area contributed by atoms with E-state index in [1.807, 2.05) is 0 Å². The van der Waals surface area contributed by atoms with Crippen molar-refractivity contribution in [3.05, 3.63) is 39.8 Å². The minimum Gasteiger partial charge on any atom is -0.497 e. The molecule has 0 aliphatic rings. The molecule has 1 aromatic heterocycles. The Hall–Kier alpha value is -3.07. The lowest BCUT2D eigenvalue weighted by atomic mass is 10.1. The molecule has 2 rings (SSSR count). The number of rotatable bonds is 7. The van der Waals surface area contributed by atoms with Crippen LogP contribution in [0.25, 0.3) is 0 Å². The van der Waals surface area contributed by atoms with Crippen molar-refractivity contribution in [1.29, 1.82) is 0 Å². The lowest BCUT2D eigenvalue weighted by Gasteiger charge is -2.09. The maximum atomic E-state index is 12.8. The normalized spacial score (nSPS) is 10.2. The molecule has 28 heavy (non-hydrogen) atoms. The highest BCUT2D eigenvalue weighted by Crippen LogP contribution is 2.34. The van der Waals surface area contributed by atoms with E-state index in [-0.39, 0.29) is 27.6 Å². The summed E-state index contributed by atoms with van der Waals surface area (Å²) in [6, 6.07) is 4.73. The SMILES string of the molecule is CCOC(=O)c1sc(NC(=O)c2cc(OC)cc(OC)c2)c(C(=O)NC)c1C. The molecule has 1 heterocycles. The molecule has 0 fully saturated rings. The number of carbonyl (C=O) groups excluding carboxylic acids is 3. The summed E-state index contributed by atoms with van der Waals surface area (Å²) in [6.45, 7) is 3.54. The van der Waals surface area contributed by atoms with Gasteiger partial charge in [0.2, 0.25) is 0 Å². The molecular weight excluding hydrogens is 384 g/mol. The predicted octanol–water partition coefficient (Wildman–Crippen LogP) is 2.86. The Balaban J connectivity index is 2.44. The van der Waals surface area contributed by atoms with Gasteiger partial charge in [-0.05, 0) is 31.5 Å². The highest BCUT2D eigenvalue weighted by molar-refractivity contribution is 7.18. The van der Waals surface area contributed by atoms with Crippen LogP contribution in [0.2, 0.25) is 0 Å². The number of carbonyl (C=O) groups is 3. The summed E-state index contributed by atoms with van der Waals surface area (Å²) < 4.78 is 15.4. The number of methoxy groups -OCH3 is 2. The Kier molecular flexibility index (Phi) is 7.00. The maximum absolute atomic E-state index is 12.8. The molecule has 0 saturated heterocycles. The van der Waals surface area contributed by atoms with E-state index >= 15 is 0 Å². The van der Waals surface area contributed by atoms with Gasteiger partial charge in [-0.2, -0.15) is 0 Å². The van der Waals surface area contributed by atoms with Crippen LogP contribution in [0.1, 0.15) is 42.9 Å². The van der Waals surface area contributed by atoms with Crippen LogP contribution in [0.5, 0.6) is 11.5 Å². The lowest BCUT2D eigenvalue weighted by Crippen LogP contribution is -2.21. The number of anilines is 1. The molecule has 0 aliphatic carbocycles. The second-order valence-corrected chi connectivity index (χ2v) is 6.64. The van der Waals surface area contributed by atoms with E-state index in [1.165, 1.54) is 21.3 Å². The predicted molar refractivity (Wildman–Crippen MR) is 106 cm³/mol. The van der Waals surface area contributed by atoms with E-state index in [1.54, 1.807) is 32.0 Å². The van der Waals surface area contributed by atoms with Gasteiger partial charge in [-0.15, -0.1) is 11.3 Å². The zero-order chi connectivity index (χ0) is 20.8. The summed E-state index contributed by atoms with van der Waals surface area (Å²) in [5.41, 5.74) is 0.947. The van der Waals surface area contributed by atoms with Gasteiger partial charge in [-0.25, -0.2) is 4.79 Å². The fourth-order valence-corrected chi connectivity index (χ4v) is 3.60. The summed E-state index contributed by atoms with van der Waals surface area (Å²) in [5, 5.41) is 5.48. The van der Waals surface area contributed by atoms with Gasteiger partial charge in [-0.3, -0.25) is 9.59 Å².